The van der Waals surface area contributed by atoms with Gasteiger partial charge in [0, 0.05) is 30.0 Å². The zero-order valence-electron chi connectivity index (χ0n) is 22.6. The van der Waals surface area contributed by atoms with Crippen molar-refractivity contribution in [2.24, 2.45) is 0 Å². The zero-order valence-corrected chi connectivity index (χ0v) is 22.6. The molecule has 1 aliphatic rings. The number of carbonyl (C=O) groups is 2. The molecule has 1 aliphatic heterocycles. The summed E-state index contributed by atoms with van der Waals surface area (Å²) in [7, 11) is 0. The number of hydrogen-bond donors (Lipinski definition) is 2. The van der Waals surface area contributed by atoms with Crippen molar-refractivity contribution in [3.8, 4) is 0 Å². The Morgan fingerprint density at radius 2 is 1.58 bits per heavy atom. The molecule has 0 saturated carbocycles. The van der Waals surface area contributed by atoms with Gasteiger partial charge in [-0.3, -0.25) is 15.0 Å². The standard InChI is InChI=1S/C31H34N4O3/c1-20(36)35-19-30(2,3)23-15-22(16-24(28(23)35)31(4,5)38)27(37)18-34-26-14-10-9-13-25(26)33(29(34)32)17-21-11-7-6-8-12-21/h6-16,32,38H,17-19H2,1-5H3. The summed E-state index contributed by atoms with van der Waals surface area (Å²) < 4.78 is 3.65. The molecular weight excluding hydrogens is 476 g/mol. The van der Waals surface area contributed by atoms with Crippen LogP contribution in [0, 0.1) is 5.41 Å². The highest BCUT2D eigenvalue weighted by Gasteiger charge is 2.41. The quantitative estimate of drug-likeness (QED) is 0.368. The minimum absolute atomic E-state index is 0.0118. The first kappa shape index (κ1) is 25.7. The Hall–Kier alpha value is -3.97. The molecule has 0 saturated heterocycles. The fourth-order valence-electron chi connectivity index (χ4n) is 5.51. The highest BCUT2D eigenvalue weighted by Crippen LogP contribution is 2.46. The monoisotopic (exact) mass is 510 g/mol. The molecule has 2 N–H and O–H groups in total. The first-order chi connectivity index (χ1) is 17.9. The lowest BCUT2D eigenvalue weighted by molar-refractivity contribution is -0.116. The predicted octanol–water partition coefficient (Wildman–Crippen LogP) is 4.72. The molecule has 0 spiro atoms. The van der Waals surface area contributed by atoms with Crippen molar-refractivity contribution in [1.29, 1.82) is 5.41 Å². The molecular formula is C31H34N4O3. The van der Waals surface area contributed by atoms with E-state index in [9.17, 15) is 14.7 Å². The van der Waals surface area contributed by atoms with Crippen molar-refractivity contribution in [1.82, 2.24) is 9.13 Å². The van der Waals surface area contributed by atoms with Gasteiger partial charge >= 0.3 is 0 Å². The number of imidazole rings is 1. The molecule has 7 heteroatoms. The number of anilines is 1. The van der Waals surface area contributed by atoms with E-state index >= 15 is 0 Å². The van der Waals surface area contributed by atoms with Crippen LogP contribution < -0.4 is 10.5 Å². The molecule has 1 aromatic heterocycles. The van der Waals surface area contributed by atoms with Crippen LogP contribution in [0.5, 0.6) is 0 Å². The molecule has 0 unspecified atom stereocenters. The first-order valence-electron chi connectivity index (χ1n) is 12.9. The number of nitrogens with one attached hydrogen (secondary N) is 1. The summed E-state index contributed by atoms with van der Waals surface area (Å²) in [4.78, 5) is 28.0. The average Bonchev–Trinajstić information content (AvgIpc) is 3.29. The molecule has 0 radical (unpaired) electrons. The van der Waals surface area contributed by atoms with Crippen LogP contribution in [0.3, 0.4) is 0 Å². The lowest BCUT2D eigenvalue weighted by Crippen LogP contribution is -2.33. The van der Waals surface area contributed by atoms with E-state index in [1.807, 2.05) is 79.1 Å². The molecule has 4 aromatic rings. The van der Waals surface area contributed by atoms with E-state index in [1.165, 1.54) is 6.92 Å². The van der Waals surface area contributed by atoms with Crippen LogP contribution in [-0.2, 0) is 28.9 Å². The van der Waals surface area contributed by atoms with Crippen molar-refractivity contribution in [3.05, 3.63) is 94.6 Å². The van der Waals surface area contributed by atoms with Crippen LogP contribution in [0.25, 0.3) is 11.0 Å². The lowest BCUT2D eigenvalue weighted by atomic mass is 9.82. The number of benzene rings is 3. The van der Waals surface area contributed by atoms with E-state index in [2.05, 4.69) is 0 Å². The SMILES string of the molecule is CC(=O)N1CC(C)(C)c2cc(C(=O)Cn3c(=N)n(Cc4ccccc4)c4ccccc43)cc(C(C)(C)O)c21. The molecule has 2 heterocycles. The number of carbonyl (C=O) groups excluding carboxylic acids is 2. The minimum Gasteiger partial charge on any atom is -0.386 e. The van der Waals surface area contributed by atoms with Crippen LogP contribution in [0.1, 0.15) is 61.7 Å². The molecule has 0 atom stereocenters. The van der Waals surface area contributed by atoms with Gasteiger partial charge in [0.25, 0.3) is 0 Å². The summed E-state index contributed by atoms with van der Waals surface area (Å²) >= 11 is 0. The second kappa shape index (κ2) is 9.10. The van der Waals surface area contributed by atoms with Crippen molar-refractivity contribution in [2.45, 2.75) is 58.7 Å². The third-order valence-corrected chi connectivity index (χ3v) is 7.48. The summed E-state index contributed by atoms with van der Waals surface area (Å²) in [5.74, 6) is -0.251. The number of fused-ring (bicyclic) bond motifs is 2. The molecule has 0 bridgehead atoms. The van der Waals surface area contributed by atoms with Crippen LogP contribution in [0.15, 0.2) is 66.7 Å². The number of nitrogens with zero attached hydrogens (tertiary/aromatic N) is 3. The van der Waals surface area contributed by atoms with E-state index in [1.54, 1.807) is 29.4 Å². The number of ketones is 1. The minimum atomic E-state index is -1.26. The van der Waals surface area contributed by atoms with Crippen molar-refractivity contribution in [3.63, 3.8) is 0 Å². The Morgan fingerprint density at radius 3 is 2.18 bits per heavy atom. The van der Waals surface area contributed by atoms with Gasteiger partial charge in [-0.05, 0) is 49.2 Å². The Kier molecular flexibility index (Phi) is 6.15. The highest BCUT2D eigenvalue weighted by molar-refractivity contribution is 6.01. The number of Topliss-reactive ketones (excluding diaryl/α,β-unsaturated/α-hetero) is 1. The van der Waals surface area contributed by atoms with E-state index in [0.717, 1.165) is 22.2 Å². The van der Waals surface area contributed by atoms with Crippen molar-refractivity contribution in [2.75, 3.05) is 11.4 Å². The largest absolute Gasteiger partial charge is 0.386 e. The van der Waals surface area contributed by atoms with Gasteiger partial charge in [-0.2, -0.15) is 0 Å². The third-order valence-electron chi connectivity index (χ3n) is 7.48. The predicted molar refractivity (Wildman–Crippen MR) is 148 cm³/mol. The normalized spacial score (nSPS) is 14.6. The van der Waals surface area contributed by atoms with Crippen LogP contribution in [0.4, 0.5) is 5.69 Å². The molecule has 38 heavy (non-hydrogen) atoms. The highest BCUT2D eigenvalue weighted by atomic mass is 16.3. The van der Waals surface area contributed by atoms with Gasteiger partial charge in [-0.25, -0.2) is 0 Å². The fraction of sp³-hybridized carbons (Fsp3) is 0.323. The number of rotatable bonds is 6. The maximum absolute atomic E-state index is 13.8. The zero-order chi connectivity index (χ0) is 27.4. The van der Waals surface area contributed by atoms with E-state index in [-0.39, 0.29) is 29.3 Å². The van der Waals surface area contributed by atoms with Gasteiger partial charge in [0.05, 0.1) is 35.4 Å². The average molecular weight is 511 g/mol. The molecule has 0 fully saturated rings. The van der Waals surface area contributed by atoms with E-state index in [0.29, 0.717) is 29.9 Å². The van der Waals surface area contributed by atoms with Crippen LogP contribution in [0.2, 0.25) is 0 Å². The van der Waals surface area contributed by atoms with Gasteiger partial charge in [0.15, 0.2) is 5.78 Å². The Bertz CT molecular complexity index is 1620. The Morgan fingerprint density at radius 1 is 0.974 bits per heavy atom. The van der Waals surface area contributed by atoms with Crippen LogP contribution in [-0.4, -0.2) is 32.5 Å². The van der Waals surface area contributed by atoms with E-state index in [4.69, 9.17) is 5.41 Å². The number of hydrogen-bond acceptors (Lipinski definition) is 4. The van der Waals surface area contributed by atoms with Gasteiger partial charge in [0.1, 0.15) is 0 Å². The summed E-state index contributed by atoms with van der Waals surface area (Å²) in [6.45, 7) is 9.96. The van der Waals surface area contributed by atoms with Crippen molar-refractivity contribution < 1.29 is 14.7 Å². The van der Waals surface area contributed by atoms with Gasteiger partial charge in [-0.1, -0.05) is 56.3 Å². The summed E-state index contributed by atoms with van der Waals surface area (Å²) in [5.41, 5.74) is 3.98. The third kappa shape index (κ3) is 4.37. The fourth-order valence-corrected chi connectivity index (χ4v) is 5.51. The topological polar surface area (TPSA) is 91.3 Å². The van der Waals surface area contributed by atoms with Gasteiger partial charge in [0.2, 0.25) is 11.5 Å². The summed E-state index contributed by atoms with van der Waals surface area (Å²) in [5, 5.41) is 20.0. The first-order valence-corrected chi connectivity index (χ1v) is 12.9. The molecule has 0 aliphatic carbocycles. The Balaban J connectivity index is 1.60. The Labute approximate surface area is 222 Å². The number of aliphatic hydroxyl groups is 1. The second-order valence-electron chi connectivity index (χ2n) is 11.4. The van der Waals surface area contributed by atoms with Gasteiger partial charge < -0.3 is 19.1 Å². The number of para-hydroxylation sites is 2. The molecule has 3 aromatic carbocycles. The maximum Gasteiger partial charge on any atom is 0.223 e. The summed E-state index contributed by atoms with van der Waals surface area (Å²) in [6, 6.07) is 21.3. The second-order valence-corrected chi connectivity index (χ2v) is 11.4. The molecule has 7 nitrogen and oxygen atoms in total. The lowest BCUT2D eigenvalue weighted by Gasteiger charge is -2.26. The molecule has 5 rings (SSSR count). The molecule has 196 valence electrons. The number of amides is 1. The summed E-state index contributed by atoms with van der Waals surface area (Å²) in [6.07, 6.45) is 0. The molecule has 1 amide bonds. The maximum atomic E-state index is 13.8. The van der Waals surface area contributed by atoms with E-state index < -0.39 is 5.60 Å². The number of aromatic nitrogens is 2. The van der Waals surface area contributed by atoms with Gasteiger partial charge in [-0.15, -0.1) is 0 Å². The van der Waals surface area contributed by atoms with Crippen molar-refractivity contribution >= 4 is 28.4 Å². The smallest absolute Gasteiger partial charge is 0.223 e. The van der Waals surface area contributed by atoms with Crippen LogP contribution >= 0.6 is 0 Å².